The van der Waals surface area contributed by atoms with Crippen LogP contribution in [0.5, 0.6) is 0 Å². The summed E-state index contributed by atoms with van der Waals surface area (Å²) in [6, 6.07) is 1.14. The van der Waals surface area contributed by atoms with Crippen molar-refractivity contribution in [2.45, 2.75) is 175 Å². The second kappa shape index (κ2) is 18.4. The normalized spacial score (nSPS) is 35.2. The van der Waals surface area contributed by atoms with Crippen molar-refractivity contribution in [1.29, 1.82) is 0 Å². The van der Waals surface area contributed by atoms with Crippen molar-refractivity contribution in [2.75, 3.05) is 26.2 Å². The van der Waals surface area contributed by atoms with Gasteiger partial charge < -0.3 is 22.1 Å². The quantitative estimate of drug-likeness (QED) is 0.0756. The lowest BCUT2D eigenvalue weighted by Gasteiger charge is -2.61. The lowest BCUT2D eigenvalue weighted by atomic mass is 9.45. The predicted molar refractivity (Wildman–Crippen MR) is 196 cm³/mol. The summed E-state index contributed by atoms with van der Waals surface area (Å²) in [6.45, 7) is 16.9. The molecule has 0 aromatic carbocycles. The van der Waals surface area contributed by atoms with Gasteiger partial charge in [-0.15, -0.1) is 0 Å². The number of unbranched alkanes of at least 4 members (excludes halogenated alkanes) is 8. The van der Waals surface area contributed by atoms with E-state index in [1.807, 2.05) is 0 Å². The van der Waals surface area contributed by atoms with Crippen molar-refractivity contribution in [2.24, 2.45) is 57.8 Å². The van der Waals surface area contributed by atoms with Gasteiger partial charge in [-0.2, -0.15) is 0 Å². The number of hydrogen-bond donors (Lipinski definition) is 4. The molecule has 0 spiro atoms. The van der Waals surface area contributed by atoms with Crippen LogP contribution in [-0.2, 0) is 0 Å². The van der Waals surface area contributed by atoms with Gasteiger partial charge in [-0.1, -0.05) is 98.5 Å². The standard InChI is InChI=1S/C41H78N4/c1-31(2)17-16-18-32(3)35-19-20-36-34-30-39(45-28-15-11-7-9-13-26-43)38-29-33(44-27-14-10-6-8-12-25-42)21-23-41(38,5)37(34)22-24-40(35,36)4/h29,31-37,39,44-45H,6-28,30,42-43H2,1-5H3/t32-,33+,34?,35-,36?,37?,39-,40-,41-/m1/s1. The minimum atomic E-state index is 0.379. The molecule has 4 heteroatoms. The first-order valence-electron chi connectivity index (χ1n) is 20.3. The molecule has 4 rings (SSSR count). The third-order valence-electron chi connectivity index (χ3n) is 13.9. The molecule has 45 heavy (non-hydrogen) atoms. The zero-order valence-corrected chi connectivity index (χ0v) is 30.8. The number of nitrogens with one attached hydrogen (secondary N) is 2. The van der Waals surface area contributed by atoms with Crippen LogP contribution < -0.4 is 22.1 Å². The second-order valence-corrected chi connectivity index (χ2v) is 17.4. The van der Waals surface area contributed by atoms with Crippen LogP contribution in [-0.4, -0.2) is 38.3 Å². The van der Waals surface area contributed by atoms with Gasteiger partial charge in [0.15, 0.2) is 0 Å². The Morgan fingerprint density at radius 2 is 1.36 bits per heavy atom. The van der Waals surface area contributed by atoms with Crippen LogP contribution in [0.1, 0.15) is 163 Å². The van der Waals surface area contributed by atoms with Crippen LogP contribution in [0.4, 0.5) is 0 Å². The van der Waals surface area contributed by atoms with Gasteiger partial charge in [0.2, 0.25) is 0 Å². The van der Waals surface area contributed by atoms with E-state index < -0.39 is 0 Å². The monoisotopic (exact) mass is 627 g/mol. The van der Waals surface area contributed by atoms with Crippen molar-refractivity contribution in [3.8, 4) is 0 Å². The molecule has 0 bridgehead atoms. The van der Waals surface area contributed by atoms with Crippen molar-refractivity contribution in [1.82, 2.24) is 10.6 Å². The Hall–Kier alpha value is -0.420. The molecule has 0 heterocycles. The van der Waals surface area contributed by atoms with Gasteiger partial charge >= 0.3 is 0 Å². The molecule has 0 saturated heterocycles. The summed E-state index contributed by atoms with van der Waals surface area (Å²) in [5, 5.41) is 8.22. The van der Waals surface area contributed by atoms with Crippen molar-refractivity contribution < 1.29 is 0 Å². The molecule has 9 atom stereocenters. The summed E-state index contributed by atoms with van der Waals surface area (Å²) in [4.78, 5) is 0. The first-order chi connectivity index (χ1) is 21.7. The first-order valence-corrected chi connectivity index (χ1v) is 20.3. The van der Waals surface area contributed by atoms with Gasteiger partial charge in [0, 0.05) is 12.1 Å². The van der Waals surface area contributed by atoms with Crippen LogP contribution in [0.3, 0.4) is 0 Å². The molecule has 6 N–H and O–H groups in total. The molecular formula is C41H78N4. The second-order valence-electron chi connectivity index (χ2n) is 17.4. The lowest BCUT2D eigenvalue weighted by Crippen LogP contribution is -2.57. The average Bonchev–Trinajstić information content (AvgIpc) is 3.37. The number of hydrogen-bond acceptors (Lipinski definition) is 4. The summed E-state index contributed by atoms with van der Waals surface area (Å²) >= 11 is 0. The first kappa shape index (κ1) is 37.4. The Labute approximate surface area is 280 Å². The molecule has 3 unspecified atom stereocenters. The molecule has 0 aliphatic heterocycles. The van der Waals surface area contributed by atoms with Gasteiger partial charge in [-0.3, -0.25) is 0 Å². The van der Waals surface area contributed by atoms with E-state index in [1.165, 1.54) is 135 Å². The fourth-order valence-corrected chi connectivity index (χ4v) is 11.4. The highest BCUT2D eigenvalue weighted by Gasteiger charge is 2.60. The topological polar surface area (TPSA) is 76.1 Å². The molecule has 3 fully saturated rings. The average molecular weight is 627 g/mol. The van der Waals surface area contributed by atoms with E-state index >= 15 is 0 Å². The molecule has 0 radical (unpaired) electrons. The van der Waals surface area contributed by atoms with Crippen LogP contribution in [0.15, 0.2) is 11.6 Å². The van der Waals surface area contributed by atoms with Gasteiger partial charge in [-0.25, -0.2) is 0 Å². The van der Waals surface area contributed by atoms with Gasteiger partial charge in [0.1, 0.15) is 0 Å². The van der Waals surface area contributed by atoms with E-state index in [0.717, 1.165) is 55.1 Å². The highest BCUT2D eigenvalue weighted by Crippen LogP contribution is 2.67. The van der Waals surface area contributed by atoms with Gasteiger partial charge in [-0.05, 0) is 149 Å². The van der Waals surface area contributed by atoms with E-state index in [2.05, 4.69) is 51.3 Å². The number of rotatable bonds is 21. The summed E-state index contributed by atoms with van der Waals surface area (Å²) in [7, 11) is 0. The third-order valence-corrected chi connectivity index (χ3v) is 13.9. The third kappa shape index (κ3) is 9.60. The van der Waals surface area contributed by atoms with Crippen LogP contribution in [0.25, 0.3) is 0 Å². The predicted octanol–water partition coefficient (Wildman–Crippen LogP) is 9.37. The zero-order chi connectivity index (χ0) is 32.3. The minimum Gasteiger partial charge on any atom is -0.330 e. The molecule has 262 valence electrons. The van der Waals surface area contributed by atoms with Gasteiger partial charge in [0.05, 0.1) is 0 Å². The van der Waals surface area contributed by atoms with Crippen LogP contribution >= 0.6 is 0 Å². The summed E-state index contributed by atoms with van der Waals surface area (Å²) in [5.41, 5.74) is 14.2. The Balaban J connectivity index is 1.43. The van der Waals surface area contributed by atoms with Crippen molar-refractivity contribution in [3.05, 3.63) is 11.6 Å². The smallest absolute Gasteiger partial charge is 0.0288 e. The molecule has 4 nitrogen and oxygen atoms in total. The Morgan fingerprint density at radius 3 is 2.02 bits per heavy atom. The zero-order valence-electron chi connectivity index (χ0n) is 30.8. The Morgan fingerprint density at radius 1 is 0.711 bits per heavy atom. The maximum absolute atomic E-state index is 5.74. The Kier molecular flexibility index (Phi) is 15.3. The molecule has 4 aliphatic carbocycles. The maximum atomic E-state index is 5.74. The lowest BCUT2D eigenvalue weighted by molar-refractivity contribution is -0.0659. The van der Waals surface area contributed by atoms with E-state index in [0.29, 0.717) is 22.9 Å². The number of nitrogens with two attached hydrogens (primary N) is 2. The van der Waals surface area contributed by atoms with Crippen LogP contribution in [0.2, 0.25) is 0 Å². The Bertz CT molecular complexity index is 870. The molecule has 0 amide bonds. The number of fused-ring (bicyclic) bond motifs is 5. The van der Waals surface area contributed by atoms with Crippen molar-refractivity contribution >= 4 is 0 Å². The maximum Gasteiger partial charge on any atom is 0.0288 e. The molecule has 0 aromatic rings. The fraction of sp³-hybridized carbons (Fsp3) is 0.951. The molecule has 4 aliphatic rings. The summed E-state index contributed by atoms with van der Waals surface area (Å²) in [6.07, 6.45) is 30.0. The van der Waals surface area contributed by atoms with E-state index in [9.17, 15) is 0 Å². The minimum absolute atomic E-state index is 0.379. The summed E-state index contributed by atoms with van der Waals surface area (Å²) < 4.78 is 0. The SMILES string of the molecule is CC(C)CCC[C@@H](C)[C@H]1CCC2C3C[C@@H](NCCCCCCCN)C4=C[C@@H](NCCCCCCCN)CC[C@]4(C)C3CC[C@@]21C. The van der Waals surface area contributed by atoms with E-state index in [4.69, 9.17) is 11.5 Å². The highest BCUT2D eigenvalue weighted by atomic mass is 14.9. The summed E-state index contributed by atoms with van der Waals surface area (Å²) in [5.74, 6) is 5.39. The van der Waals surface area contributed by atoms with Crippen LogP contribution in [0, 0.1) is 46.3 Å². The van der Waals surface area contributed by atoms with Crippen molar-refractivity contribution in [3.63, 3.8) is 0 Å². The largest absolute Gasteiger partial charge is 0.330 e. The van der Waals surface area contributed by atoms with Gasteiger partial charge in [0.25, 0.3) is 0 Å². The molecule has 3 saturated carbocycles. The fourth-order valence-electron chi connectivity index (χ4n) is 11.4. The highest BCUT2D eigenvalue weighted by molar-refractivity contribution is 5.31. The molecule has 0 aromatic heterocycles. The molecular weight excluding hydrogens is 548 g/mol. The van der Waals surface area contributed by atoms with E-state index in [-0.39, 0.29) is 0 Å². The van der Waals surface area contributed by atoms with E-state index in [1.54, 1.807) is 5.57 Å².